The van der Waals surface area contributed by atoms with Gasteiger partial charge in [0.25, 0.3) is 5.76 Å². The highest BCUT2D eigenvalue weighted by Gasteiger charge is 2.41. The molecule has 1 unspecified atom stereocenters. The SMILES string of the molecule is CCCOC(=O)c1ccc(Oc2c(C(F)(F)F)oc3c(CN4CCCC(C(=O)OCC)C4)c(O)ccc3c2=O)cc1. The number of halogens is 3. The Hall–Kier alpha value is -4.06. The van der Waals surface area contributed by atoms with Crippen LogP contribution in [0.15, 0.2) is 45.6 Å². The van der Waals surface area contributed by atoms with Crippen LogP contribution in [0.5, 0.6) is 17.2 Å². The van der Waals surface area contributed by atoms with Gasteiger partial charge in [0, 0.05) is 13.1 Å². The van der Waals surface area contributed by atoms with Crippen molar-refractivity contribution in [3.8, 4) is 17.2 Å². The largest absolute Gasteiger partial charge is 0.507 e. The molecule has 4 rings (SSSR count). The Labute approximate surface area is 233 Å². The maximum absolute atomic E-state index is 14.2. The number of phenolic OH excluding ortho intramolecular Hbond substituents is 1. The number of aromatic hydroxyl groups is 1. The third kappa shape index (κ3) is 6.82. The molecule has 41 heavy (non-hydrogen) atoms. The van der Waals surface area contributed by atoms with Gasteiger partial charge in [-0.15, -0.1) is 0 Å². The van der Waals surface area contributed by atoms with Crippen molar-refractivity contribution in [1.82, 2.24) is 4.90 Å². The third-order valence-corrected chi connectivity index (χ3v) is 6.61. The van der Waals surface area contributed by atoms with E-state index in [1.54, 1.807) is 11.8 Å². The van der Waals surface area contributed by atoms with Crippen LogP contribution in [0.3, 0.4) is 0 Å². The van der Waals surface area contributed by atoms with E-state index >= 15 is 0 Å². The summed E-state index contributed by atoms with van der Waals surface area (Å²) in [5.41, 5.74) is -1.37. The number of phenols is 1. The van der Waals surface area contributed by atoms with Gasteiger partial charge in [-0.2, -0.15) is 13.2 Å². The maximum atomic E-state index is 14.2. The average Bonchev–Trinajstić information content (AvgIpc) is 2.94. The van der Waals surface area contributed by atoms with Crippen LogP contribution in [0.1, 0.15) is 54.8 Å². The van der Waals surface area contributed by atoms with E-state index < -0.39 is 40.6 Å². The van der Waals surface area contributed by atoms with Crippen LogP contribution in [0.2, 0.25) is 0 Å². The number of carbonyl (C=O) groups excluding carboxylic acids is 2. The quantitative estimate of drug-likeness (QED) is 0.322. The lowest BCUT2D eigenvalue weighted by atomic mass is 9.97. The smallest absolute Gasteiger partial charge is 0.453 e. The Morgan fingerprint density at radius 3 is 2.49 bits per heavy atom. The zero-order valence-electron chi connectivity index (χ0n) is 22.6. The highest BCUT2D eigenvalue weighted by Crippen LogP contribution is 2.40. The predicted octanol–water partition coefficient (Wildman–Crippen LogP) is 5.65. The molecule has 0 spiro atoms. The molecule has 0 amide bonds. The lowest BCUT2D eigenvalue weighted by molar-refractivity contribution is -0.154. The fourth-order valence-electron chi connectivity index (χ4n) is 4.65. The fraction of sp³-hybridized carbons (Fsp3) is 0.414. The number of hydrogen-bond donors (Lipinski definition) is 1. The van der Waals surface area contributed by atoms with Gasteiger partial charge >= 0.3 is 18.1 Å². The van der Waals surface area contributed by atoms with Crippen molar-refractivity contribution < 1.29 is 46.5 Å². The minimum Gasteiger partial charge on any atom is -0.507 e. The van der Waals surface area contributed by atoms with Crippen LogP contribution in [-0.4, -0.2) is 48.2 Å². The molecule has 0 aliphatic carbocycles. The van der Waals surface area contributed by atoms with E-state index in [-0.39, 0.29) is 60.3 Å². The van der Waals surface area contributed by atoms with E-state index in [0.717, 1.165) is 6.07 Å². The summed E-state index contributed by atoms with van der Waals surface area (Å²) in [6.07, 6.45) is -3.25. The van der Waals surface area contributed by atoms with Crippen molar-refractivity contribution in [2.24, 2.45) is 5.92 Å². The van der Waals surface area contributed by atoms with E-state index in [4.69, 9.17) is 18.6 Å². The molecule has 1 aromatic heterocycles. The minimum absolute atomic E-state index is 0.0175. The summed E-state index contributed by atoms with van der Waals surface area (Å²) in [4.78, 5) is 39.4. The first-order valence-corrected chi connectivity index (χ1v) is 13.3. The highest BCUT2D eigenvalue weighted by molar-refractivity contribution is 5.89. The summed E-state index contributed by atoms with van der Waals surface area (Å²) in [5.74, 6) is -4.62. The number of nitrogens with zero attached hydrogens (tertiary/aromatic N) is 1. The van der Waals surface area contributed by atoms with E-state index in [1.807, 2.05) is 6.92 Å². The third-order valence-electron chi connectivity index (χ3n) is 6.61. The molecule has 3 aromatic rings. The predicted molar refractivity (Wildman–Crippen MR) is 141 cm³/mol. The number of ether oxygens (including phenoxy) is 3. The zero-order valence-corrected chi connectivity index (χ0v) is 22.6. The van der Waals surface area contributed by atoms with Crippen LogP contribution in [0, 0.1) is 5.92 Å². The van der Waals surface area contributed by atoms with Crippen molar-refractivity contribution >= 4 is 22.9 Å². The van der Waals surface area contributed by atoms with Crippen molar-refractivity contribution in [1.29, 1.82) is 0 Å². The van der Waals surface area contributed by atoms with Gasteiger partial charge in [0.2, 0.25) is 11.2 Å². The number of rotatable bonds is 9. The first kappa shape index (κ1) is 29.9. The van der Waals surface area contributed by atoms with E-state index in [9.17, 15) is 32.7 Å². The number of carbonyl (C=O) groups is 2. The van der Waals surface area contributed by atoms with Gasteiger partial charge < -0.3 is 23.7 Å². The number of esters is 2. The Balaban J connectivity index is 1.69. The summed E-state index contributed by atoms with van der Waals surface area (Å²) in [5, 5.41) is 10.4. The molecule has 12 heteroatoms. The number of benzene rings is 2. The molecule has 1 fully saturated rings. The molecule has 220 valence electrons. The van der Waals surface area contributed by atoms with Gasteiger partial charge in [-0.1, -0.05) is 6.92 Å². The number of fused-ring (bicyclic) bond motifs is 1. The highest BCUT2D eigenvalue weighted by atomic mass is 19.4. The first-order valence-electron chi connectivity index (χ1n) is 13.3. The molecule has 9 nitrogen and oxygen atoms in total. The topological polar surface area (TPSA) is 116 Å². The van der Waals surface area contributed by atoms with Gasteiger partial charge in [-0.3, -0.25) is 14.5 Å². The molecule has 1 N–H and O–H groups in total. The van der Waals surface area contributed by atoms with Gasteiger partial charge in [0.1, 0.15) is 17.1 Å². The van der Waals surface area contributed by atoms with E-state index in [0.29, 0.717) is 25.8 Å². The summed E-state index contributed by atoms with van der Waals surface area (Å²) in [6, 6.07) is 7.46. The number of likely N-dealkylation sites (tertiary alicyclic amines) is 1. The Kier molecular flexibility index (Phi) is 9.21. The Morgan fingerprint density at radius 2 is 1.83 bits per heavy atom. The number of piperidine rings is 1. The molecule has 2 aromatic carbocycles. The molecule has 0 radical (unpaired) electrons. The molecule has 0 saturated carbocycles. The Morgan fingerprint density at radius 1 is 1.10 bits per heavy atom. The normalized spacial score (nSPS) is 16.0. The van der Waals surface area contributed by atoms with Crippen LogP contribution >= 0.6 is 0 Å². The van der Waals surface area contributed by atoms with Crippen molar-refractivity contribution in [3.05, 3.63) is 63.5 Å². The van der Waals surface area contributed by atoms with Gasteiger partial charge in [-0.05, 0) is 69.1 Å². The number of hydrogen-bond acceptors (Lipinski definition) is 9. The monoisotopic (exact) mass is 577 g/mol. The van der Waals surface area contributed by atoms with Crippen molar-refractivity contribution in [2.45, 2.75) is 45.8 Å². The maximum Gasteiger partial charge on any atom is 0.453 e. The second kappa shape index (κ2) is 12.6. The summed E-state index contributed by atoms with van der Waals surface area (Å²) in [7, 11) is 0. The fourth-order valence-corrected chi connectivity index (χ4v) is 4.65. The molecule has 0 bridgehead atoms. The molecule has 1 atom stereocenters. The van der Waals surface area contributed by atoms with E-state index in [2.05, 4.69) is 0 Å². The van der Waals surface area contributed by atoms with Gasteiger partial charge in [-0.25, -0.2) is 4.79 Å². The second-order valence-electron chi connectivity index (χ2n) is 9.62. The molecule has 1 aliphatic heterocycles. The molecule has 2 heterocycles. The molecular formula is C29H30F3NO8. The summed E-state index contributed by atoms with van der Waals surface area (Å²) < 4.78 is 63.2. The molecule has 1 saturated heterocycles. The van der Waals surface area contributed by atoms with E-state index in [1.165, 1.54) is 30.3 Å². The molecule has 1 aliphatic rings. The number of alkyl halides is 3. The van der Waals surface area contributed by atoms with Gasteiger partial charge in [0.15, 0.2) is 0 Å². The molecular weight excluding hydrogens is 547 g/mol. The zero-order chi connectivity index (χ0) is 29.7. The summed E-state index contributed by atoms with van der Waals surface area (Å²) >= 11 is 0. The van der Waals surface area contributed by atoms with Crippen LogP contribution < -0.4 is 10.2 Å². The lowest BCUT2D eigenvalue weighted by Crippen LogP contribution is -2.39. The van der Waals surface area contributed by atoms with Crippen LogP contribution in [0.4, 0.5) is 13.2 Å². The second-order valence-corrected chi connectivity index (χ2v) is 9.62. The van der Waals surface area contributed by atoms with Crippen molar-refractivity contribution in [2.75, 3.05) is 26.3 Å². The average molecular weight is 578 g/mol. The Bertz CT molecular complexity index is 1470. The standard InChI is InChI=1S/C29H30F3NO8/c1-3-14-39-27(36)17-7-9-19(10-8-17)40-25-23(35)20-11-12-22(34)21(24(20)41-26(25)29(30,31)32)16-33-13-5-6-18(15-33)28(37)38-4-2/h7-12,18,34H,3-6,13-16H2,1-2H3. The van der Waals surface area contributed by atoms with Crippen molar-refractivity contribution in [3.63, 3.8) is 0 Å². The van der Waals surface area contributed by atoms with Crippen LogP contribution in [0.25, 0.3) is 11.0 Å². The van der Waals surface area contributed by atoms with Gasteiger partial charge in [0.05, 0.1) is 35.6 Å². The lowest BCUT2D eigenvalue weighted by Gasteiger charge is -2.31. The summed E-state index contributed by atoms with van der Waals surface area (Å²) in [6.45, 7) is 4.70. The minimum atomic E-state index is -5.12. The first-order chi connectivity index (χ1) is 19.5. The van der Waals surface area contributed by atoms with Crippen LogP contribution in [-0.2, 0) is 27.0 Å².